The van der Waals surface area contributed by atoms with Crippen LogP contribution < -0.4 is 10.5 Å². The number of nitrogens with two attached hydrogens (primary N) is 1. The van der Waals surface area contributed by atoms with Gasteiger partial charge in [0.2, 0.25) is 0 Å². The van der Waals surface area contributed by atoms with E-state index in [-0.39, 0.29) is 29.2 Å². The second-order valence-electron chi connectivity index (χ2n) is 4.23. The molecule has 106 valence electrons. The van der Waals surface area contributed by atoms with Crippen LogP contribution in [0.3, 0.4) is 0 Å². The third kappa shape index (κ3) is 3.09. The molecule has 0 aromatic heterocycles. The number of rotatable bonds is 4. The lowest BCUT2D eigenvalue weighted by atomic mass is 10.1. The van der Waals surface area contributed by atoms with Gasteiger partial charge in [0.1, 0.15) is 18.0 Å². The predicted octanol–water partition coefficient (Wildman–Crippen LogP) is 2.56. The lowest BCUT2D eigenvalue weighted by molar-refractivity contribution is 0.0692. The molecule has 5 nitrogen and oxygen atoms in total. The number of para-hydroxylation sites is 1. The van der Waals surface area contributed by atoms with Gasteiger partial charge in [-0.3, -0.25) is 0 Å². The second-order valence-corrected chi connectivity index (χ2v) is 4.23. The average Bonchev–Trinajstić information content (AvgIpc) is 2.45. The molecule has 2 rings (SSSR count). The van der Waals surface area contributed by atoms with Gasteiger partial charge in [0.25, 0.3) is 0 Å². The van der Waals surface area contributed by atoms with Gasteiger partial charge in [0, 0.05) is 5.56 Å². The Kier molecular flexibility index (Phi) is 4.05. The summed E-state index contributed by atoms with van der Waals surface area (Å²) < 4.78 is 18.6. The first-order valence-electron chi connectivity index (χ1n) is 5.96. The molecule has 0 atom stereocenters. The molecule has 6 heteroatoms. The molecule has 0 saturated heterocycles. The molecule has 0 radical (unpaired) electrons. The molecule has 0 bridgehead atoms. The standard InChI is InChI=1S/C15H11FN2O3/c16-11-5-4-9(7-17)10(6-11)8-21-14-12(15(19)20)2-1-3-13(14)18/h1-6H,8,18H2,(H,19,20). The van der Waals surface area contributed by atoms with Crippen LogP contribution in [0.2, 0.25) is 0 Å². The summed E-state index contributed by atoms with van der Waals surface area (Å²) in [5.41, 5.74) is 6.33. The van der Waals surface area contributed by atoms with Crippen LogP contribution >= 0.6 is 0 Å². The molecular formula is C15H11FN2O3. The number of anilines is 1. The van der Waals surface area contributed by atoms with Gasteiger partial charge < -0.3 is 15.6 Å². The minimum atomic E-state index is -1.18. The van der Waals surface area contributed by atoms with Crippen molar-refractivity contribution < 1.29 is 19.0 Å². The van der Waals surface area contributed by atoms with Gasteiger partial charge in [-0.2, -0.15) is 5.26 Å². The number of aromatic carboxylic acids is 1. The van der Waals surface area contributed by atoms with Gasteiger partial charge >= 0.3 is 5.97 Å². The summed E-state index contributed by atoms with van der Waals surface area (Å²) in [5.74, 6) is -1.69. The van der Waals surface area contributed by atoms with E-state index in [4.69, 9.17) is 20.8 Å². The van der Waals surface area contributed by atoms with E-state index in [2.05, 4.69) is 0 Å². The van der Waals surface area contributed by atoms with Crippen molar-refractivity contribution >= 4 is 11.7 Å². The summed E-state index contributed by atoms with van der Waals surface area (Å²) in [4.78, 5) is 11.1. The smallest absolute Gasteiger partial charge is 0.339 e. The van der Waals surface area contributed by atoms with Gasteiger partial charge in [-0.15, -0.1) is 0 Å². The summed E-state index contributed by atoms with van der Waals surface area (Å²) >= 11 is 0. The summed E-state index contributed by atoms with van der Waals surface area (Å²) in [6.07, 6.45) is 0. The number of nitrogen functional groups attached to an aromatic ring is 1. The number of hydrogen-bond donors (Lipinski definition) is 2. The van der Waals surface area contributed by atoms with E-state index in [1.54, 1.807) is 0 Å². The third-order valence-electron chi connectivity index (χ3n) is 2.84. The average molecular weight is 286 g/mol. The van der Waals surface area contributed by atoms with E-state index in [1.807, 2.05) is 6.07 Å². The fourth-order valence-corrected chi connectivity index (χ4v) is 1.83. The molecule has 0 saturated carbocycles. The number of carboxylic acids is 1. The highest BCUT2D eigenvalue weighted by Crippen LogP contribution is 2.27. The zero-order valence-electron chi connectivity index (χ0n) is 10.8. The van der Waals surface area contributed by atoms with Crippen molar-refractivity contribution in [2.45, 2.75) is 6.61 Å². The van der Waals surface area contributed by atoms with Crippen molar-refractivity contribution in [3.05, 3.63) is 58.9 Å². The fraction of sp³-hybridized carbons (Fsp3) is 0.0667. The first kappa shape index (κ1) is 14.3. The van der Waals surface area contributed by atoms with Crippen molar-refractivity contribution in [1.29, 1.82) is 5.26 Å². The Hall–Kier alpha value is -3.07. The highest BCUT2D eigenvalue weighted by Gasteiger charge is 2.15. The third-order valence-corrected chi connectivity index (χ3v) is 2.84. The SMILES string of the molecule is N#Cc1ccc(F)cc1COc1c(N)cccc1C(=O)O. The highest BCUT2D eigenvalue weighted by atomic mass is 19.1. The molecule has 0 aliphatic heterocycles. The molecule has 3 N–H and O–H groups in total. The van der Waals surface area contributed by atoms with E-state index in [9.17, 15) is 9.18 Å². The zero-order chi connectivity index (χ0) is 15.4. The topological polar surface area (TPSA) is 96.3 Å². The predicted molar refractivity (Wildman–Crippen MR) is 73.3 cm³/mol. The minimum absolute atomic E-state index is 0.00171. The quantitative estimate of drug-likeness (QED) is 0.842. The summed E-state index contributed by atoms with van der Waals surface area (Å²) in [5, 5.41) is 18.0. The molecular weight excluding hydrogens is 275 g/mol. The first-order valence-corrected chi connectivity index (χ1v) is 5.96. The lowest BCUT2D eigenvalue weighted by Crippen LogP contribution is -2.07. The molecule has 2 aromatic rings. The Morgan fingerprint density at radius 2 is 2.14 bits per heavy atom. The van der Waals surface area contributed by atoms with E-state index in [0.29, 0.717) is 5.56 Å². The lowest BCUT2D eigenvalue weighted by Gasteiger charge is -2.12. The maximum Gasteiger partial charge on any atom is 0.339 e. The molecule has 0 spiro atoms. The Balaban J connectivity index is 2.31. The van der Waals surface area contributed by atoms with Crippen molar-refractivity contribution in [1.82, 2.24) is 0 Å². The number of carboxylic acid groups (broad SMARTS) is 1. The Morgan fingerprint density at radius 3 is 2.81 bits per heavy atom. The number of benzene rings is 2. The summed E-state index contributed by atoms with van der Waals surface area (Å²) in [6.45, 7) is -0.158. The van der Waals surface area contributed by atoms with Crippen LogP contribution in [0.4, 0.5) is 10.1 Å². The van der Waals surface area contributed by atoms with Crippen LogP contribution in [0, 0.1) is 17.1 Å². The Labute approximate surface area is 120 Å². The molecule has 0 heterocycles. The summed E-state index contributed by atoms with van der Waals surface area (Å²) in [6, 6.07) is 9.93. The molecule has 0 fully saturated rings. The second kappa shape index (κ2) is 5.92. The largest absolute Gasteiger partial charge is 0.486 e. The highest BCUT2D eigenvalue weighted by molar-refractivity contribution is 5.93. The van der Waals surface area contributed by atoms with Crippen molar-refractivity contribution in [3.63, 3.8) is 0 Å². The van der Waals surface area contributed by atoms with Gasteiger partial charge in [0.05, 0.1) is 17.3 Å². The molecule has 0 unspecified atom stereocenters. The number of nitrogens with zero attached hydrogens (tertiary/aromatic N) is 1. The molecule has 0 aliphatic rings. The van der Waals surface area contributed by atoms with Crippen LogP contribution in [0.1, 0.15) is 21.5 Å². The summed E-state index contributed by atoms with van der Waals surface area (Å²) in [7, 11) is 0. The monoisotopic (exact) mass is 286 g/mol. The molecule has 0 amide bonds. The maximum atomic E-state index is 13.2. The number of ether oxygens (including phenoxy) is 1. The Bertz CT molecular complexity index is 738. The van der Waals surface area contributed by atoms with Crippen LogP contribution in [0.25, 0.3) is 0 Å². The van der Waals surface area contributed by atoms with Crippen molar-refractivity contribution in [2.24, 2.45) is 0 Å². The van der Waals surface area contributed by atoms with E-state index >= 15 is 0 Å². The number of halogens is 1. The van der Waals surface area contributed by atoms with Gasteiger partial charge in [-0.1, -0.05) is 6.07 Å². The number of nitriles is 1. The van der Waals surface area contributed by atoms with Gasteiger partial charge in [0.15, 0.2) is 5.75 Å². The van der Waals surface area contributed by atoms with Crippen LogP contribution in [0.5, 0.6) is 5.75 Å². The van der Waals surface area contributed by atoms with E-state index in [0.717, 1.165) is 6.07 Å². The minimum Gasteiger partial charge on any atom is -0.486 e. The number of hydrogen-bond acceptors (Lipinski definition) is 4. The van der Waals surface area contributed by atoms with Crippen LogP contribution in [0.15, 0.2) is 36.4 Å². The number of carbonyl (C=O) groups is 1. The van der Waals surface area contributed by atoms with Crippen molar-refractivity contribution in [3.8, 4) is 11.8 Å². The zero-order valence-corrected chi connectivity index (χ0v) is 10.8. The fourth-order valence-electron chi connectivity index (χ4n) is 1.83. The van der Waals surface area contributed by atoms with E-state index < -0.39 is 11.8 Å². The maximum absolute atomic E-state index is 13.2. The van der Waals surface area contributed by atoms with Crippen LogP contribution in [-0.2, 0) is 6.61 Å². The van der Waals surface area contributed by atoms with Crippen LogP contribution in [-0.4, -0.2) is 11.1 Å². The molecule has 2 aromatic carbocycles. The Morgan fingerprint density at radius 1 is 1.38 bits per heavy atom. The van der Waals surface area contributed by atoms with E-state index in [1.165, 1.54) is 30.3 Å². The molecule has 0 aliphatic carbocycles. The van der Waals surface area contributed by atoms with Gasteiger partial charge in [-0.05, 0) is 30.3 Å². The van der Waals surface area contributed by atoms with Crippen molar-refractivity contribution in [2.75, 3.05) is 5.73 Å². The normalized spacial score (nSPS) is 9.90. The first-order chi connectivity index (χ1) is 10.0. The molecule has 21 heavy (non-hydrogen) atoms. The van der Waals surface area contributed by atoms with Gasteiger partial charge in [-0.25, -0.2) is 9.18 Å².